The third-order valence-corrected chi connectivity index (χ3v) is 1.23. The van der Waals surface area contributed by atoms with E-state index < -0.39 is 11.0 Å². The Bertz CT molecular complexity index is 355. The minimum absolute atomic E-state index is 0. The van der Waals surface area contributed by atoms with Crippen LogP contribution in [0.4, 0.5) is 0 Å². The Hall–Kier alpha value is -0.296. The van der Waals surface area contributed by atoms with Gasteiger partial charge in [0.1, 0.15) is 0 Å². The number of hydrogen-bond acceptors (Lipinski definition) is 5. The molecule has 7 heteroatoms. The topological polar surface area (TPSA) is 80.7 Å². The van der Waals surface area contributed by atoms with Crippen LogP contribution in [-0.2, 0) is 68.3 Å². The van der Waals surface area contributed by atoms with Gasteiger partial charge in [-0.1, -0.05) is 0 Å². The summed E-state index contributed by atoms with van der Waals surface area (Å²) >= 11 is 0. The molecule has 1 rings (SSSR count). The molecule has 0 amide bonds. The van der Waals surface area contributed by atoms with Gasteiger partial charge in [-0.15, -0.1) is 5.56 Å². The van der Waals surface area contributed by atoms with Gasteiger partial charge in [0.15, 0.2) is 0 Å². The van der Waals surface area contributed by atoms with E-state index in [1.54, 1.807) is 12.1 Å². The molecule has 1 N–H and O–H groups in total. The largest absolute Gasteiger partial charge is 0.463 e. The SMILES string of the molecule is CC(=O)OCc1cc[c-]cc1.O=[S-](=O)O.[Y]. The van der Waals surface area contributed by atoms with Crippen LogP contribution in [0, 0.1) is 6.07 Å². The van der Waals surface area contributed by atoms with Crippen molar-refractivity contribution in [2.24, 2.45) is 0 Å². The number of carbonyl (C=O) groups excluding carboxylic acids is 1. The molecule has 16 heavy (non-hydrogen) atoms. The summed E-state index contributed by atoms with van der Waals surface area (Å²) in [6.45, 7) is 1.75. The molecule has 0 heterocycles. The molecule has 0 aliphatic carbocycles. The van der Waals surface area contributed by atoms with Crippen LogP contribution in [0.5, 0.6) is 0 Å². The first-order chi connectivity index (χ1) is 7.02. The summed E-state index contributed by atoms with van der Waals surface area (Å²) in [5, 5.41) is 0. The second-order valence-corrected chi connectivity index (χ2v) is 2.84. The van der Waals surface area contributed by atoms with E-state index in [1.165, 1.54) is 6.92 Å². The van der Waals surface area contributed by atoms with E-state index in [0.717, 1.165) is 5.56 Å². The standard InChI is InChI=1S/C9H9O2.HO3S.Y/c1-8(10)11-7-9-5-3-2-4-6-9;1-4(2)3;/h3-6H,7H2,1H3;(H,1,2,3);/q2*-1;. The van der Waals surface area contributed by atoms with Crippen molar-refractivity contribution in [3.63, 3.8) is 0 Å². The van der Waals surface area contributed by atoms with Crippen LogP contribution in [0.3, 0.4) is 0 Å². The average Bonchev–Trinajstić information content (AvgIpc) is 2.15. The van der Waals surface area contributed by atoms with E-state index >= 15 is 0 Å². The fourth-order valence-electron chi connectivity index (χ4n) is 0.703. The number of esters is 1. The summed E-state index contributed by atoms with van der Waals surface area (Å²) in [6, 6.07) is 10.2. The van der Waals surface area contributed by atoms with Gasteiger partial charge >= 0.3 is 5.97 Å². The van der Waals surface area contributed by atoms with E-state index in [2.05, 4.69) is 6.07 Å². The molecular formula is C9H10O5SY-2. The number of carbonyl (C=O) groups is 1. The second-order valence-electron chi connectivity index (χ2n) is 2.41. The second kappa shape index (κ2) is 11.2. The zero-order valence-electron chi connectivity index (χ0n) is 8.58. The molecule has 0 unspecified atom stereocenters. The molecule has 0 aromatic heterocycles. The predicted molar refractivity (Wildman–Crippen MR) is 52.1 cm³/mol. The Morgan fingerprint density at radius 1 is 1.44 bits per heavy atom. The van der Waals surface area contributed by atoms with Gasteiger partial charge in [0.05, 0.1) is 6.61 Å². The van der Waals surface area contributed by atoms with Gasteiger partial charge in [-0.2, -0.15) is 30.3 Å². The Morgan fingerprint density at radius 3 is 2.25 bits per heavy atom. The molecule has 0 atom stereocenters. The van der Waals surface area contributed by atoms with Crippen molar-refractivity contribution in [2.45, 2.75) is 13.5 Å². The number of hydrogen-bond donors (Lipinski definition) is 1. The number of benzene rings is 1. The molecule has 1 aromatic rings. The molecule has 5 nitrogen and oxygen atoms in total. The van der Waals surface area contributed by atoms with Crippen molar-refractivity contribution in [1.29, 1.82) is 0 Å². The third-order valence-electron chi connectivity index (χ3n) is 1.23. The Balaban J connectivity index is 0. The Labute approximate surface area is 121 Å². The van der Waals surface area contributed by atoms with E-state index in [0.29, 0.717) is 6.61 Å². The van der Waals surface area contributed by atoms with Gasteiger partial charge in [0.2, 0.25) is 0 Å². The van der Waals surface area contributed by atoms with Gasteiger partial charge in [-0.3, -0.25) is 4.79 Å². The quantitative estimate of drug-likeness (QED) is 0.292. The Morgan fingerprint density at radius 2 is 1.88 bits per heavy atom. The zero-order valence-corrected chi connectivity index (χ0v) is 12.2. The van der Waals surface area contributed by atoms with Crippen LogP contribution in [0.2, 0.25) is 0 Å². The van der Waals surface area contributed by atoms with Gasteiger partial charge in [0.25, 0.3) is 0 Å². The fraction of sp³-hybridized carbons (Fsp3) is 0.222. The maximum Gasteiger partial charge on any atom is 0.302 e. The summed E-state index contributed by atoms with van der Waals surface area (Å²) in [7, 11) is -2.86. The van der Waals surface area contributed by atoms with Crippen LogP contribution in [0.1, 0.15) is 12.5 Å². The van der Waals surface area contributed by atoms with Crippen molar-refractivity contribution < 1.29 is 55.2 Å². The van der Waals surface area contributed by atoms with Gasteiger partial charge in [0, 0.05) is 50.6 Å². The Kier molecular flexibility index (Phi) is 12.7. The molecule has 0 aliphatic rings. The monoisotopic (exact) mass is 319 g/mol. The summed E-state index contributed by atoms with van der Waals surface area (Å²) < 4.78 is 28.9. The van der Waals surface area contributed by atoms with Crippen LogP contribution in [0.15, 0.2) is 24.3 Å². The van der Waals surface area contributed by atoms with E-state index in [1.807, 2.05) is 12.1 Å². The smallest absolute Gasteiger partial charge is 0.302 e. The van der Waals surface area contributed by atoms with Crippen molar-refractivity contribution >= 4 is 17.0 Å². The first kappa shape index (κ1) is 18.1. The van der Waals surface area contributed by atoms with Gasteiger partial charge < -0.3 is 17.7 Å². The summed E-state index contributed by atoms with van der Waals surface area (Å²) in [4.78, 5) is 10.4. The summed E-state index contributed by atoms with van der Waals surface area (Å²) in [6.07, 6.45) is 0. The number of ether oxygens (including phenoxy) is 1. The van der Waals surface area contributed by atoms with E-state index in [-0.39, 0.29) is 38.7 Å². The average molecular weight is 319 g/mol. The molecule has 87 valence electrons. The van der Waals surface area contributed by atoms with Crippen molar-refractivity contribution in [1.82, 2.24) is 0 Å². The fourth-order valence-corrected chi connectivity index (χ4v) is 0.703. The molecule has 1 radical (unpaired) electrons. The normalized spacial score (nSPS) is 8.44. The zero-order chi connectivity index (χ0) is 11.7. The molecule has 0 aliphatic heterocycles. The molecule has 0 fully saturated rings. The maximum atomic E-state index is 10.4. The molecule has 0 bridgehead atoms. The van der Waals surface area contributed by atoms with Crippen molar-refractivity contribution in [2.75, 3.05) is 0 Å². The summed E-state index contributed by atoms with van der Waals surface area (Å²) in [5.74, 6) is -0.252. The van der Waals surface area contributed by atoms with Crippen LogP contribution in [-0.4, -0.2) is 10.5 Å². The molecular weight excluding hydrogens is 309 g/mol. The molecule has 1 aromatic carbocycles. The minimum atomic E-state index is -2.86. The minimum Gasteiger partial charge on any atom is -0.463 e. The molecule has 0 saturated heterocycles. The first-order valence-electron chi connectivity index (χ1n) is 3.89. The molecule has 0 spiro atoms. The summed E-state index contributed by atoms with van der Waals surface area (Å²) in [5.41, 5.74) is 0.985. The maximum absolute atomic E-state index is 10.4. The van der Waals surface area contributed by atoms with E-state index in [9.17, 15) is 4.79 Å². The van der Waals surface area contributed by atoms with Crippen LogP contribution < -0.4 is 0 Å². The van der Waals surface area contributed by atoms with Gasteiger partial charge in [-0.05, 0) is 0 Å². The number of rotatable bonds is 2. The van der Waals surface area contributed by atoms with Crippen molar-refractivity contribution in [3.05, 3.63) is 35.9 Å². The van der Waals surface area contributed by atoms with Crippen LogP contribution >= 0.6 is 0 Å². The first-order valence-corrected chi connectivity index (χ1v) is 4.92. The van der Waals surface area contributed by atoms with Crippen molar-refractivity contribution in [3.8, 4) is 0 Å². The third kappa shape index (κ3) is 13.7. The van der Waals surface area contributed by atoms with Crippen LogP contribution in [0.25, 0.3) is 0 Å². The molecule has 0 saturated carbocycles. The van der Waals surface area contributed by atoms with E-state index in [4.69, 9.17) is 17.7 Å². The van der Waals surface area contributed by atoms with Gasteiger partial charge in [-0.25, -0.2) is 0 Å². The predicted octanol–water partition coefficient (Wildman–Crippen LogP) is 1.32.